The van der Waals surface area contributed by atoms with Gasteiger partial charge in [-0.05, 0) is 36.8 Å². The molecule has 3 heterocycles. The van der Waals surface area contributed by atoms with Gasteiger partial charge in [-0.3, -0.25) is 13.9 Å². The lowest BCUT2D eigenvalue weighted by Crippen LogP contribution is -2.32. The number of aryl methyl sites for hydroxylation is 1. The Balaban J connectivity index is 1.56. The number of fused-ring (bicyclic) bond motifs is 1. The molecule has 9 heteroatoms. The molecule has 0 atom stereocenters. The molecule has 0 unspecified atom stereocenters. The van der Waals surface area contributed by atoms with Crippen LogP contribution >= 0.6 is 0 Å². The highest BCUT2D eigenvalue weighted by atomic mass is 19.1. The van der Waals surface area contributed by atoms with Gasteiger partial charge in [0.05, 0.1) is 12.1 Å². The smallest absolute Gasteiger partial charge is 0.330 e. The predicted molar refractivity (Wildman–Crippen MR) is 103 cm³/mol. The Morgan fingerprint density at radius 2 is 2.00 bits per heavy atom. The van der Waals surface area contributed by atoms with Crippen LogP contribution in [0.5, 0.6) is 0 Å². The second-order valence-corrected chi connectivity index (χ2v) is 6.57. The number of carbonyl (C=O) groups excluding carboxylic acids is 1. The molecule has 0 bridgehead atoms. The number of benzene rings is 1. The first-order chi connectivity index (χ1) is 14.0. The highest BCUT2D eigenvalue weighted by Gasteiger charge is 2.15. The van der Waals surface area contributed by atoms with E-state index in [1.54, 1.807) is 42.0 Å². The van der Waals surface area contributed by atoms with Crippen molar-refractivity contribution in [3.05, 3.63) is 82.0 Å². The lowest BCUT2D eigenvalue weighted by atomic mass is 10.2. The minimum Gasteiger partial charge on any atom is -0.361 e. The van der Waals surface area contributed by atoms with Gasteiger partial charge in [0.25, 0.3) is 5.91 Å². The van der Waals surface area contributed by atoms with Gasteiger partial charge < -0.3 is 9.84 Å². The number of amides is 1. The molecule has 1 aromatic carbocycles. The van der Waals surface area contributed by atoms with Gasteiger partial charge in [0.2, 0.25) is 0 Å². The summed E-state index contributed by atoms with van der Waals surface area (Å²) in [5.41, 5.74) is 1.92. The molecular formula is C20H18FN5O3. The zero-order chi connectivity index (χ0) is 20.4. The molecule has 0 radical (unpaired) electrons. The second kappa shape index (κ2) is 7.70. The van der Waals surface area contributed by atoms with Crippen LogP contribution < -0.4 is 11.0 Å². The number of halogens is 1. The zero-order valence-corrected chi connectivity index (χ0v) is 15.6. The van der Waals surface area contributed by atoms with E-state index < -0.39 is 0 Å². The van der Waals surface area contributed by atoms with E-state index in [0.29, 0.717) is 23.5 Å². The molecule has 0 saturated carbocycles. The average Bonchev–Trinajstić information content (AvgIpc) is 3.26. The Morgan fingerprint density at radius 3 is 2.72 bits per heavy atom. The molecule has 0 fully saturated rings. The van der Waals surface area contributed by atoms with E-state index in [-0.39, 0.29) is 36.2 Å². The van der Waals surface area contributed by atoms with Gasteiger partial charge >= 0.3 is 5.69 Å². The Hall–Kier alpha value is -3.75. The summed E-state index contributed by atoms with van der Waals surface area (Å²) < 4.78 is 21.1. The first-order valence-electron chi connectivity index (χ1n) is 9.03. The third-order valence-electron chi connectivity index (χ3n) is 4.51. The Kier molecular flexibility index (Phi) is 4.94. The predicted octanol–water partition coefficient (Wildman–Crippen LogP) is 2.11. The highest BCUT2D eigenvalue weighted by Crippen LogP contribution is 2.13. The maximum atomic E-state index is 13.2. The van der Waals surface area contributed by atoms with E-state index in [1.165, 1.54) is 22.8 Å². The van der Waals surface area contributed by atoms with E-state index in [0.717, 1.165) is 5.56 Å². The van der Waals surface area contributed by atoms with Crippen LogP contribution in [-0.2, 0) is 13.1 Å². The number of aromatic nitrogens is 4. The molecule has 3 aromatic heterocycles. The number of hydrogen-bond donors (Lipinski definition) is 1. The van der Waals surface area contributed by atoms with Gasteiger partial charge in [0.1, 0.15) is 11.6 Å². The third kappa shape index (κ3) is 3.79. The fraction of sp³-hybridized carbons (Fsp3) is 0.200. The quantitative estimate of drug-likeness (QED) is 0.540. The minimum atomic E-state index is -0.377. The Bertz CT molecular complexity index is 1220. The van der Waals surface area contributed by atoms with Crippen LogP contribution in [-0.4, -0.2) is 31.7 Å². The van der Waals surface area contributed by atoms with Crippen molar-refractivity contribution in [1.82, 2.24) is 24.6 Å². The molecular weight excluding hydrogens is 377 g/mol. The van der Waals surface area contributed by atoms with Crippen LogP contribution in [0.2, 0.25) is 0 Å². The SMILES string of the molecule is Cc1cc(C(=O)NCCn2c(=O)n(Cc3ccc(F)cc3)c3cccnc32)no1. The first kappa shape index (κ1) is 18.6. The van der Waals surface area contributed by atoms with E-state index in [4.69, 9.17) is 4.52 Å². The topological polar surface area (TPSA) is 95.0 Å². The third-order valence-corrected chi connectivity index (χ3v) is 4.51. The zero-order valence-electron chi connectivity index (χ0n) is 15.6. The van der Waals surface area contributed by atoms with Crippen LogP contribution in [0.3, 0.4) is 0 Å². The fourth-order valence-corrected chi connectivity index (χ4v) is 3.12. The molecule has 4 aromatic rings. The minimum absolute atomic E-state index is 0.187. The largest absolute Gasteiger partial charge is 0.361 e. The summed E-state index contributed by atoms with van der Waals surface area (Å²) in [6, 6.07) is 11.1. The van der Waals surface area contributed by atoms with E-state index >= 15 is 0 Å². The maximum Gasteiger partial charge on any atom is 0.330 e. The molecule has 1 N–H and O–H groups in total. The Morgan fingerprint density at radius 1 is 1.21 bits per heavy atom. The van der Waals surface area contributed by atoms with Crippen LogP contribution in [0.25, 0.3) is 11.2 Å². The molecule has 0 spiro atoms. The molecule has 0 aliphatic carbocycles. The summed E-state index contributed by atoms with van der Waals surface area (Å²) in [6.07, 6.45) is 1.61. The van der Waals surface area contributed by atoms with Crippen molar-refractivity contribution < 1.29 is 13.7 Å². The van der Waals surface area contributed by atoms with Crippen molar-refractivity contribution in [2.75, 3.05) is 6.54 Å². The Labute approximate surface area is 164 Å². The number of nitrogens with zero attached hydrogens (tertiary/aromatic N) is 4. The van der Waals surface area contributed by atoms with Crippen molar-refractivity contribution in [2.45, 2.75) is 20.0 Å². The van der Waals surface area contributed by atoms with Crippen molar-refractivity contribution in [3.8, 4) is 0 Å². The van der Waals surface area contributed by atoms with Crippen LogP contribution in [0.4, 0.5) is 4.39 Å². The molecule has 0 aliphatic rings. The van der Waals surface area contributed by atoms with E-state index in [2.05, 4.69) is 15.5 Å². The van der Waals surface area contributed by atoms with Crippen LogP contribution in [0, 0.1) is 12.7 Å². The molecule has 0 saturated heterocycles. The van der Waals surface area contributed by atoms with Crippen molar-refractivity contribution in [3.63, 3.8) is 0 Å². The molecule has 148 valence electrons. The van der Waals surface area contributed by atoms with Gasteiger partial charge in [-0.15, -0.1) is 0 Å². The lowest BCUT2D eigenvalue weighted by Gasteiger charge is -2.04. The number of carbonyl (C=O) groups is 1. The second-order valence-electron chi connectivity index (χ2n) is 6.57. The maximum absolute atomic E-state index is 13.2. The number of hydrogen-bond acceptors (Lipinski definition) is 5. The molecule has 29 heavy (non-hydrogen) atoms. The lowest BCUT2D eigenvalue weighted by molar-refractivity contribution is 0.0943. The van der Waals surface area contributed by atoms with Crippen molar-refractivity contribution >= 4 is 17.1 Å². The summed E-state index contributed by atoms with van der Waals surface area (Å²) in [5.74, 6) is -0.166. The number of imidazole rings is 1. The van der Waals surface area contributed by atoms with E-state index in [1.807, 2.05) is 0 Å². The van der Waals surface area contributed by atoms with Crippen molar-refractivity contribution in [1.29, 1.82) is 0 Å². The van der Waals surface area contributed by atoms with Gasteiger partial charge in [-0.25, -0.2) is 14.2 Å². The number of nitrogens with one attached hydrogen (secondary N) is 1. The molecule has 8 nitrogen and oxygen atoms in total. The average molecular weight is 395 g/mol. The van der Waals surface area contributed by atoms with Crippen molar-refractivity contribution in [2.24, 2.45) is 0 Å². The number of rotatable bonds is 6. The molecule has 0 aliphatic heterocycles. The highest BCUT2D eigenvalue weighted by molar-refractivity contribution is 5.92. The summed E-state index contributed by atoms with van der Waals surface area (Å²) in [7, 11) is 0. The van der Waals surface area contributed by atoms with Gasteiger partial charge in [-0.1, -0.05) is 17.3 Å². The number of pyridine rings is 1. The van der Waals surface area contributed by atoms with Gasteiger partial charge in [0, 0.05) is 25.4 Å². The normalized spacial score (nSPS) is 11.1. The van der Waals surface area contributed by atoms with Crippen LogP contribution in [0.1, 0.15) is 21.8 Å². The first-order valence-corrected chi connectivity index (χ1v) is 9.03. The molecule has 4 rings (SSSR count). The summed E-state index contributed by atoms with van der Waals surface area (Å²) in [4.78, 5) is 29.4. The standard InChI is InChI=1S/C20H18FN5O3/c1-13-11-16(24-29-13)19(27)23-9-10-25-18-17(3-2-8-22-18)26(20(25)28)12-14-4-6-15(21)7-5-14/h2-8,11H,9-10,12H2,1H3,(H,23,27). The van der Waals surface area contributed by atoms with Gasteiger partial charge in [0.15, 0.2) is 11.3 Å². The van der Waals surface area contributed by atoms with E-state index in [9.17, 15) is 14.0 Å². The van der Waals surface area contributed by atoms with Gasteiger partial charge in [-0.2, -0.15) is 0 Å². The fourth-order valence-electron chi connectivity index (χ4n) is 3.12. The summed E-state index contributed by atoms with van der Waals surface area (Å²) >= 11 is 0. The summed E-state index contributed by atoms with van der Waals surface area (Å²) in [5, 5.41) is 6.39. The monoisotopic (exact) mass is 395 g/mol. The summed E-state index contributed by atoms with van der Waals surface area (Å²) in [6.45, 7) is 2.45. The molecule has 1 amide bonds. The van der Waals surface area contributed by atoms with Crippen LogP contribution in [0.15, 0.2) is 58.0 Å².